The Hall–Kier alpha value is -2.32. The summed E-state index contributed by atoms with van der Waals surface area (Å²) in [7, 11) is 0. The van der Waals surface area contributed by atoms with Crippen molar-refractivity contribution < 1.29 is 0 Å². The summed E-state index contributed by atoms with van der Waals surface area (Å²) in [5.74, 6) is 1.49. The van der Waals surface area contributed by atoms with Crippen LogP contribution in [0.5, 0.6) is 0 Å². The number of rotatable bonds is 3. The second-order valence-corrected chi connectivity index (χ2v) is 10.9. The Morgan fingerprint density at radius 1 is 1.13 bits per heavy atom. The fourth-order valence-electron chi connectivity index (χ4n) is 4.12. The van der Waals surface area contributed by atoms with E-state index >= 15 is 0 Å². The first-order valence-electron chi connectivity index (χ1n) is 10.2. The number of para-hydroxylation sites is 1. The van der Waals surface area contributed by atoms with Gasteiger partial charge in [-0.1, -0.05) is 39.0 Å². The number of nitrogens with zero attached hydrogens (tertiary/aromatic N) is 6. The third-order valence-electron chi connectivity index (χ3n) is 5.84. The highest BCUT2D eigenvalue weighted by atomic mass is 32.2. The van der Waals surface area contributed by atoms with Crippen molar-refractivity contribution >= 4 is 33.3 Å². The Morgan fingerprint density at radius 2 is 1.93 bits per heavy atom. The number of hydrogen-bond acceptors (Lipinski definition) is 7. The lowest BCUT2D eigenvalue weighted by atomic mass is 9.72. The van der Waals surface area contributed by atoms with Crippen LogP contribution in [0.1, 0.15) is 43.5 Å². The quantitative estimate of drug-likeness (QED) is 0.407. The summed E-state index contributed by atoms with van der Waals surface area (Å²) in [6, 6.07) is 9.96. The molecule has 0 radical (unpaired) electrons. The summed E-state index contributed by atoms with van der Waals surface area (Å²) in [5, 5.41) is 15.2. The van der Waals surface area contributed by atoms with Crippen LogP contribution in [0, 0.1) is 18.3 Å². The normalized spacial score (nSPS) is 16.7. The molecule has 0 bridgehead atoms. The van der Waals surface area contributed by atoms with E-state index in [-0.39, 0.29) is 0 Å². The third-order valence-corrected chi connectivity index (χ3v) is 7.92. The Morgan fingerprint density at radius 3 is 2.70 bits per heavy atom. The average Bonchev–Trinajstić information content (AvgIpc) is 3.31. The van der Waals surface area contributed by atoms with Crippen LogP contribution < -0.4 is 0 Å². The fraction of sp³-hybridized carbons (Fsp3) is 0.409. The molecule has 1 aliphatic carbocycles. The lowest BCUT2D eigenvalue weighted by Crippen LogP contribution is -2.26. The zero-order chi connectivity index (χ0) is 20.9. The molecular formula is C22H24N6S2. The maximum absolute atomic E-state index is 4.81. The summed E-state index contributed by atoms with van der Waals surface area (Å²) < 4.78 is 1.77. The Bertz CT molecular complexity index is 1210. The van der Waals surface area contributed by atoms with Gasteiger partial charge in [0.05, 0.1) is 5.69 Å². The molecule has 0 amide bonds. The van der Waals surface area contributed by atoms with E-state index in [4.69, 9.17) is 9.97 Å². The van der Waals surface area contributed by atoms with Gasteiger partial charge in [0.15, 0.2) is 0 Å². The monoisotopic (exact) mass is 436 g/mol. The molecule has 1 unspecified atom stereocenters. The smallest absolute Gasteiger partial charge is 0.220 e. The topological polar surface area (TPSA) is 69.4 Å². The van der Waals surface area contributed by atoms with E-state index in [0.717, 1.165) is 34.2 Å². The summed E-state index contributed by atoms with van der Waals surface area (Å²) in [6.45, 7) is 9.01. The molecular weight excluding hydrogens is 412 g/mol. The van der Waals surface area contributed by atoms with Gasteiger partial charge in [0, 0.05) is 10.3 Å². The molecule has 5 rings (SSSR count). The summed E-state index contributed by atoms with van der Waals surface area (Å²) in [6.07, 6.45) is 3.42. The van der Waals surface area contributed by atoms with E-state index < -0.39 is 0 Å². The number of hydrogen-bond donors (Lipinski definition) is 0. The maximum Gasteiger partial charge on any atom is 0.220 e. The van der Waals surface area contributed by atoms with E-state index in [0.29, 0.717) is 16.5 Å². The summed E-state index contributed by atoms with van der Waals surface area (Å²) in [4.78, 5) is 12.1. The van der Waals surface area contributed by atoms with Crippen LogP contribution in [-0.4, -0.2) is 30.2 Å². The van der Waals surface area contributed by atoms with Gasteiger partial charge in [0.1, 0.15) is 15.7 Å². The Labute approximate surface area is 184 Å². The first-order chi connectivity index (χ1) is 14.4. The summed E-state index contributed by atoms with van der Waals surface area (Å²) in [5.41, 5.74) is 2.69. The van der Waals surface area contributed by atoms with Gasteiger partial charge in [-0.25, -0.2) is 9.97 Å². The highest BCUT2D eigenvalue weighted by Crippen LogP contribution is 2.45. The van der Waals surface area contributed by atoms with E-state index in [1.54, 1.807) is 4.68 Å². The van der Waals surface area contributed by atoms with Crippen molar-refractivity contribution in [2.24, 2.45) is 11.3 Å². The van der Waals surface area contributed by atoms with Crippen LogP contribution in [0.2, 0.25) is 0 Å². The highest BCUT2D eigenvalue weighted by Gasteiger charge is 2.32. The van der Waals surface area contributed by atoms with Crippen LogP contribution in [0.25, 0.3) is 15.9 Å². The maximum atomic E-state index is 4.81. The standard InChI is InChI=1S/C22H24N6S2/c1-13-23-19-18(16-11-10-14(22(2,3)4)12-17(16)29-19)20(24-13)30-21-25-26-27-28(21)15-8-6-5-7-9-15/h5-9,14H,10-12H2,1-4H3. The zero-order valence-corrected chi connectivity index (χ0v) is 19.2. The van der Waals surface area contributed by atoms with Gasteiger partial charge in [0.2, 0.25) is 5.16 Å². The first-order valence-corrected chi connectivity index (χ1v) is 11.8. The molecule has 0 aliphatic heterocycles. The van der Waals surface area contributed by atoms with Gasteiger partial charge in [-0.3, -0.25) is 0 Å². The molecule has 1 aliphatic rings. The highest BCUT2D eigenvalue weighted by molar-refractivity contribution is 7.99. The lowest BCUT2D eigenvalue weighted by Gasteiger charge is -2.33. The summed E-state index contributed by atoms with van der Waals surface area (Å²) >= 11 is 3.36. The van der Waals surface area contributed by atoms with Crippen molar-refractivity contribution in [3.63, 3.8) is 0 Å². The third kappa shape index (κ3) is 3.52. The number of aryl methyl sites for hydroxylation is 2. The number of thiophene rings is 1. The van der Waals surface area contributed by atoms with Crippen LogP contribution in [-0.2, 0) is 12.8 Å². The van der Waals surface area contributed by atoms with E-state index in [1.807, 2.05) is 48.6 Å². The van der Waals surface area contributed by atoms with Crippen LogP contribution in [0.4, 0.5) is 0 Å². The average molecular weight is 437 g/mol. The van der Waals surface area contributed by atoms with Crippen molar-refractivity contribution in [2.75, 3.05) is 0 Å². The minimum absolute atomic E-state index is 0.324. The lowest BCUT2D eigenvalue weighted by molar-refractivity contribution is 0.218. The predicted octanol–water partition coefficient (Wildman–Crippen LogP) is 5.28. The Kier molecular flexibility index (Phi) is 4.86. The molecule has 0 N–H and O–H groups in total. The molecule has 0 saturated heterocycles. The largest absolute Gasteiger partial charge is 0.226 e. The van der Waals surface area contributed by atoms with Gasteiger partial charge in [-0.05, 0) is 77.4 Å². The number of benzene rings is 1. The number of tetrazole rings is 1. The van der Waals surface area contributed by atoms with Crippen LogP contribution >= 0.6 is 23.1 Å². The SMILES string of the molecule is Cc1nc(Sc2nnnn2-c2ccccc2)c2c3c(sc2n1)CC(C(C)(C)C)CC3. The van der Waals surface area contributed by atoms with Gasteiger partial charge >= 0.3 is 0 Å². The number of fused-ring (bicyclic) bond motifs is 3. The minimum atomic E-state index is 0.324. The van der Waals surface area contributed by atoms with Crippen molar-refractivity contribution in [1.82, 2.24) is 30.2 Å². The van der Waals surface area contributed by atoms with Crippen molar-refractivity contribution in [1.29, 1.82) is 0 Å². The van der Waals surface area contributed by atoms with Crippen LogP contribution in [0.3, 0.4) is 0 Å². The van der Waals surface area contributed by atoms with Crippen molar-refractivity contribution in [3.8, 4) is 5.69 Å². The molecule has 4 aromatic rings. The molecule has 6 nitrogen and oxygen atoms in total. The number of aromatic nitrogens is 6. The fourth-order valence-corrected chi connectivity index (χ4v) is 6.51. The van der Waals surface area contributed by atoms with Crippen molar-refractivity contribution in [3.05, 3.63) is 46.6 Å². The van der Waals surface area contributed by atoms with Gasteiger partial charge in [0.25, 0.3) is 0 Å². The molecule has 8 heteroatoms. The zero-order valence-electron chi connectivity index (χ0n) is 17.6. The van der Waals surface area contributed by atoms with E-state index in [9.17, 15) is 0 Å². The first kappa shape index (κ1) is 19.6. The molecule has 154 valence electrons. The molecule has 30 heavy (non-hydrogen) atoms. The van der Waals surface area contributed by atoms with Crippen LogP contribution in [0.15, 0.2) is 40.5 Å². The van der Waals surface area contributed by atoms with Gasteiger partial charge in [-0.15, -0.1) is 16.4 Å². The van der Waals surface area contributed by atoms with E-state index in [1.165, 1.54) is 34.0 Å². The molecule has 3 aromatic heterocycles. The molecule has 0 fully saturated rings. The van der Waals surface area contributed by atoms with Crippen molar-refractivity contribution in [2.45, 2.75) is 57.1 Å². The molecule has 1 atom stereocenters. The molecule has 0 spiro atoms. The molecule has 1 aromatic carbocycles. The minimum Gasteiger partial charge on any atom is -0.226 e. The molecule has 0 saturated carbocycles. The second kappa shape index (κ2) is 7.42. The van der Waals surface area contributed by atoms with Gasteiger partial charge in [-0.2, -0.15) is 4.68 Å². The second-order valence-electron chi connectivity index (χ2n) is 8.88. The predicted molar refractivity (Wildman–Crippen MR) is 120 cm³/mol. The molecule has 3 heterocycles. The Balaban J connectivity index is 1.57. The van der Waals surface area contributed by atoms with Gasteiger partial charge < -0.3 is 0 Å². The van der Waals surface area contributed by atoms with E-state index in [2.05, 4.69) is 36.3 Å².